The van der Waals surface area contributed by atoms with E-state index in [0.717, 1.165) is 32.1 Å². The van der Waals surface area contributed by atoms with Gasteiger partial charge in [-0.3, -0.25) is 9.59 Å². The molecule has 1 rings (SSSR count). The van der Waals surface area contributed by atoms with Crippen molar-refractivity contribution in [3.63, 3.8) is 0 Å². The van der Waals surface area contributed by atoms with Crippen LogP contribution in [0.4, 0.5) is 0 Å². The van der Waals surface area contributed by atoms with E-state index in [1.165, 1.54) is 0 Å². The van der Waals surface area contributed by atoms with Crippen molar-refractivity contribution in [2.45, 2.75) is 58.8 Å². The van der Waals surface area contributed by atoms with Crippen LogP contribution >= 0.6 is 0 Å². The van der Waals surface area contributed by atoms with Crippen molar-refractivity contribution in [1.82, 2.24) is 5.32 Å². The minimum absolute atomic E-state index is 0.0364. The summed E-state index contributed by atoms with van der Waals surface area (Å²) in [6.45, 7) is 5.48. The molecule has 0 radical (unpaired) electrons. The molecule has 1 aliphatic rings. The molecule has 122 valence electrons. The number of carbonyl (C=O) groups is 2. The number of rotatable bonds is 10. The molecule has 1 amide bonds. The van der Waals surface area contributed by atoms with Gasteiger partial charge in [-0.2, -0.15) is 0 Å². The minimum atomic E-state index is -0.772. The van der Waals surface area contributed by atoms with Gasteiger partial charge in [0.05, 0.1) is 6.42 Å². The fourth-order valence-corrected chi connectivity index (χ4v) is 3.13. The van der Waals surface area contributed by atoms with Gasteiger partial charge in [0, 0.05) is 13.0 Å². The molecule has 1 fully saturated rings. The Morgan fingerprint density at radius 2 is 1.95 bits per heavy atom. The Kier molecular flexibility index (Phi) is 7.15. The smallest absolute Gasteiger partial charge is 0.303 e. The highest BCUT2D eigenvalue weighted by molar-refractivity contribution is 5.76. The van der Waals surface area contributed by atoms with E-state index in [1.807, 2.05) is 0 Å². The van der Waals surface area contributed by atoms with Crippen molar-refractivity contribution in [2.24, 2.45) is 23.0 Å². The number of hydrogen-bond acceptors (Lipinski definition) is 3. The van der Waals surface area contributed by atoms with E-state index in [0.29, 0.717) is 31.3 Å². The summed E-state index contributed by atoms with van der Waals surface area (Å²) in [7, 11) is 0. The molecule has 0 aliphatic heterocycles. The van der Waals surface area contributed by atoms with Gasteiger partial charge in [-0.1, -0.05) is 20.3 Å². The van der Waals surface area contributed by atoms with Crippen molar-refractivity contribution in [2.75, 3.05) is 13.1 Å². The summed E-state index contributed by atoms with van der Waals surface area (Å²) in [6, 6.07) is 0. The van der Waals surface area contributed by atoms with E-state index in [1.54, 1.807) is 0 Å². The summed E-state index contributed by atoms with van der Waals surface area (Å²) in [6.07, 6.45) is 5.35. The van der Waals surface area contributed by atoms with Crippen molar-refractivity contribution < 1.29 is 14.7 Å². The molecule has 0 aromatic rings. The molecule has 21 heavy (non-hydrogen) atoms. The highest BCUT2D eigenvalue weighted by Gasteiger charge is 2.39. The normalized spacial score (nSPS) is 18.1. The van der Waals surface area contributed by atoms with Crippen LogP contribution in [0.2, 0.25) is 0 Å². The summed E-state index contributed by atoms with van der Waals surface area (Å²) in [5, 5.41) is 11.9. The number of carboxylic acids is 1. The average molecular weight is 298 g/mol. The highest BCUT2D eigenvalue weighted by Crippen LogP contribution is 2.43. The van der Waals surface area contributed by atoms with Crippen molar-refractivity contribution >= 4 is 11.9 Å². The number of nitrogens with two attached hydrogens (primary N) is 1. The third-order valence-electron chi connectivity index (χ3n) is 4.82. The van der Waals surface area contributed by atoms with Crippen molar-refractivity contribution in [3.8, 4) is 0 Å². The molecule has 0 aromatic heterocycles. The first kappa shape index (κ1) is 18.0. The first-order valence-corrected chi connectivity index (χ1v) is 8.07. The lowest BCUT2D eigenvalue weighted by Crippen LogP contribution is -2.43. The Balaban J connectivity index is 2.31. The van der Waals surface area contributed by atoms with E-state index in [-0.39, 0.29) is 17.7 Å². The number of nitrogens with one attached hydrogen (secondary N) is 1. The van der Waals surface area contributed by atoms with Crippen LogP contribution in [0.3, 0.4) is 0 Å². The number of aliphatic carboxylic acids is 1. The minimum Gasteiger partial charge on any atom is -0.481 e. The third kappa shape index (κ3) is 6.04. The number of amides is 1. The zero-order valence-electron chi connectivity index (χ0n) is 13.4. The second kappa shape index (κ2) is 8.37. The maximum atomic E-state index is 12.0. The Bertz CT molecular complexity index is 351. The van der Waals surface area contributed by atoms with Crippen molar-refractivity contribution in [3.05, 3.63) is 0 Å². The summed E-state index contributed by atoms with van der Waals surface area (Å²) in [5.74, 6) is 0.282. The second-order valence-electron chi connectivity index (χ2n) is 6.82. The monoisotopic (exact) mass is 298 g/mol. The molecule has 1 aliphatic carbocycles. The van der Waals surface area contributed by atoms with Gasteiger partial charge < -0.3 is 16.2 Å². The van der Waals surface area contributed by atoms with Gasteiger partial charge >= 0.3 is 5.97 Å². The molecule has 5 nitrogen and oxygen atoms in total. The molecular formula is C16H30N2O3. The fourth-order valence-electron chi connectivity index (χ4n) is 3.13. The van der Waals surface area contributed by atoms with E-state index >= 15 is 0 Å². The van der Waals surface area contributed by atoms with E-state index in [2.05, 4.69) is 19.2 Å². The molecular weight excluding hydrogens is 268 g/mol. The van der Waals surface area contributed by atoms with E-state index in [4.69, 9.17) is 10.8 Å². The summed E-state index contributed by atoms with van der Waals surface area (Å²) in [5.41, 5.74) is 5.41. The second-order valence-corrected chi connectivity index (χ2v) is 6.82. The summed E-state index contributed by atoms with van der Waals surface area (Å²) >= 11 is 0. The lowest BCUT2D eigenvalue weighted by atomic mass is 9.66. The standard InChI is InChI=1S/C16H30N2O3/c1-12(2)13(6-9-17)4-5-14(19)18-11-16(7-3-8-16)10-15(20)21/h12-13H,3-11,17H2,1-2H3,(H,18,19)(H,20,21). The van der Waals surface area contributed by atoms with Crippen LogP contribution in [-0.2, 0) is 9.59 Å². The lowest BCUT2D eigenvalue weighted by molar-refractivity contribution is -0.141. The zero-order chi connectivity index (χ0) is 15.9. The molecule has 4 N–H and O–H groups in total. The summed E-state index contributed by atoms with van der Waals surface area (Å²) in [4.78, 5) is 22.8. The largest absolute Gasteiger partial charge is 0.481 e. The SMILES string of the molecule is CC(C)C(CCN)CCC(=O)NCC1(CC(=O)O)CCC1. The Hall–Kier alpha value is -1.10. The third-order valence-corrected chi connectivity index (χ3v) is 4.82. The van der Waals surface area contributed by atoms with Gasteiger partial charge in [-0.15, -0.1) is 0 Å². The molecule has 5 heteroatoms. The van der Waals surface area contributed by atoms with Gasteiger partial charge in [0.25, 0.3) is 0 Å². The van der Waals surface area contributed by atoms with Gasteiger partial charge in [-0.05, 0) is 49.5 Å². The van der Waals surface area contributed by atoms with Gasteiger partial charge in [0.1, 0.15) is 0 Å². The quantitative estimate of drug-likeness (QED) is 0.576. The Morgan fingerprint density at radius 3 is 2.38 bits per heavy atom. The van der Waals surface area contributed by atoms with Gasteiger partial charge in [0.2, 0.25) is 5.91 Å². The number of hydrogen-bond donors (Lipinski definition) is 3. The molecule has 0 bridgehead atoms. The Morgan fingerprint density at radius 1 is 1.29 bits per heavy atom. The fraction of sp³-hybridized carbons (Fsp3) is 0.875. The van der Waals surface area contributed by atoms with Gasteiger partial charge in [0.15, 0.2) is 0 Å². The lowest BCUT2D eigenvalue weighted by Gasteiger charge is -2.40. The van der Waals surface area contributed by atoms with Gasteiger partial charge in [-0.25, -0.2) is 0 Å². The van der Waals surface area contributed by atoms with Crippen LogP contribution in [0.5, 0.6) is 0 Å². The number of carbonyl (C=O) groups excluding carboxylic acids is 1. The maximum Gasteiger partial charge on any atom is 0.303 e. The number of carboxylic acid groups (broad SMARTS) is 1. The molecule has 1 saturated carbocycles. The van der Waals surface area contributed by atoms with Crippen LogP contribution in [0.15, 0.2) is 0 Å². The molecule has 1 atom stereocenters. The molecule has 1 unspecified atom stereocenters. The van der Waals surface area contributed by atoms with E-state index < -0.39 is 5.97 Å². The Labute approximate surface area is 127 Å². The topological polar surface area (TPSA) is 92.4 Å². The molecule has 0 saturated heterocycles. The molecule has 0 heterocycles. The average Bonchev–Trinajstić information content (AvgIpc) is 2.36. The zero-order valence-corrected chi connectivity index (χ0v) is 13.4. The van der Waals surface area contributed by atoms with Crippen LogP contribution in [0, 0.1) is 17.3 Å². The van der Waals surface area contributed by atoms with Crippen LogP contribution in [0.1, 0.15) is 58.8 Å². The predicted molar refractivity (Wildman–Crippen MR) is 82.8 cm³/mol. The molecule has 0 aromatic carbocycles. The first-order valence-electron chi connectivity index (χ1n) is 8.07. The maximum absolute atomic E-state index is 12.0. The van der Waals surface area contributed by atoms with E-state index in [9.17, 15) is 9.59 Å². The highest BCUT2D eigenvalue weighted by atomic mass is 16.4. The first-order chi connectivity index (χ1) is 9.88. The van der Waals surface area contributed by atoms with Crippen LogP contribution in [0.25, 0.3) is 0 Å². The van der Waals surface area contributed by atoms with Crippen LogP contribution < -0.4 is 11.1 Å². The predicted octanol–water partition coefficient (Wildman–Crippen LogP) is 2.15. The molecule has 0 spiro atoms. The summed E-state index contributed by atoms with van der Waals surface area (Å²) < 4.78 is 0. The van der Waals surface area contributed by atoms with Crippen LogP contribution in [-0.4, -0.2) is 30.1 Å². The van der Waals surface area contributed by atoms with Crippen molar-refractivity contribution in [1.29, 1.82) is 0 Å².